The van der Waals surface area contributed by atoms with Crippen molar-refractivity contribution in [2.45, 2.75) is 57.5 Å². The summed E-state index contributed by atoms with van der Waals surface area (Å²) in [6, 6.07) is 0.478. The first-order valence-corrected chi connectivity index (χ1v) is 6.92. The standard InChI is InChI=1S/C11H22F3NS/c1-3-7-10(15-4-2)8-5-6-9-16-11(12,13)14/h10,15H,3-9H2,1-2H3. The van der Waals surface area contributed by atoms with Crippen LogP contribution >= 0.6 is 11.8 Å². The second-order valence-electron chi connectivity index (χ2n) is 3.83. The highest BCUT2D eigenvalue weighted by Crippen LogP contribution is 2.30. The van der Waals surface area contributed by atoms with Gasteiger partial charge < -0.3 is 5.32 Å². The number of alkyl halides is 3. The fraction of sp³-hybridized carbons (Fsp3) is 1.00. The summed E-state index contributed by atoms with van der Waals surface area (Å²) < 4.78 is 35.5. The number of rotatable bonds is 9. The molecule has 1 N–H and O–H groups in total. The van der Waals surface area contributed by atoms with E-state index in [0.29, 0.717) is 12.5 Å². The number of hydrogen-bond donors (Lipinski definition) is 1. The van der Waals surface area contributed by atoms with Crippen LogP contribution in [-0.2, 0) is 0 Å². The van der Waals surface area contributed by atoms with E-state index in [1.165, 1.54) is 0 Å². The molecule has 0 amide bonds. The van der Waals surface area contributed by atoms with Crippen molar-refractivity contribution in [3.8, 4) is 0 Å². The molecule has 1 atom stereocenters. The van der Waals surface area contributed by atoms with Crippen LogP contribution in [0, 0.1) is 0 Å². The Hall–Kier alpha value is 0.1000. The predicted molar refractivity (Wildman–Crippen MR) is 64.7 cm³/mol. The molecule has 0 rings (SSSR count). The minimum atomic E-state index is -4.06. The second-order valence-corrected chi connectivity index (χ2v) is 4.99. The fourth-order valence-electron chi connectivity index (χ4n) is 1.67. The van der Waals surface area contributed by atoms with E-state index in [1.807, 2.05) is 0 Å². The lowest BCUT2D eigenvalue weighted by Crippen LogP contribution is -2.28. The zero-order valence-corrected chi connectivity index (χ0v) is 10.9. The van der Waals surface area contributed by atoms with Gasteiger partial charge in [-0.3, -0.25) is 0 Å². The van der Waals surface area contributed by atoms with E-state index in [1.54, 1.807) is 0 Å². The third kappa shape index (κ3) is 10.6. The van der Waals surface area contributed by atoms with Crippen molar-refractivity contribution in [3.05, 3.63) is 0 Å². The Morgan fingerprint density at radius 1 is 1.12 bits per heavy atom. The van der Waals surface area contributed by atoms with Gasteiger partial charge >= 0.3 is 5.51 Å². The van der Waals surface area contributed by atoms with Gasteiger partial charge in [0.2, 0.25) is 0 Å². The molecule has 16 heavy (non-hydrogen) atoms. The number of unbranched alkanes of at least 4 members (excludes halogenated alkanes) is 1. The summed E-state index contributed by atoms with van der Waals surface area (Å²) in [5, 5.41) is 3.36. The Morgan fingerprint density at radius 2 is 1.81 bits per heavy atom. The van der Waals surface area contributed by atoms with Crippen LogP contribution in [0.15, 0.2) is 0 Å². The lowest BCUT2D eigenvalue weighted by atomic mass is 10.1. The molecule has 0 radical (unpaired) electrons. The van der Waals surface area contributed by atoms with E-state index in [0.717, 1.165) is 32.2 Å². The van der Waals surface area contributed by atoms with Crippen LogP contribution in [-0.4, -0.2) is 23.8 Å². The van der Waals surface area contributed by atoms with Crippen LogP contribution in [0.5, 0.6) is 0 Å². The molecule has 0 heterocycles. The largest absolute Gasteiger partial charge is 0.441 e. The van der Waals surface area contributed by atoms with Gasteiger partial charge in [-0.25, -0.2) is 0 Å². The Bertz CT molecular complexity index is 156. The third-order valence-corrected chi connectivity index (χ3v) is 3.16. The third-order valence-electron chi connectivity index (χ3n) is 2.34. The maximum atomic E-state index is 11.8. The first-order chi connectivity index (χ1) is 7.49. The quantitative estimate of drug-likeness (QED) is 0.622. The number of halogens is 3. The molecule has 0 fully saturated rings. The van der Waals surface area contributed by atoms with Gasteiger partial charge in [-0.1, -0.05) is 38.5 Å². The van der Waals surface area contributed by atoms with Crippen molar-refractivity contribution in [1.82, 2.24) is 5.32 Å². The molecule has 1 nitrogen and oxygen atoms in total. The molecule has 98 valence electrons. The van der Waals surface area contributed by atoms with E-state index in [2.05, 4.69) is 19.2 Å². The van der Waals surface area contributed by atoms with E-state index in [-0.39, 0.29) is 17.5 Å². The second kappa shape index (κ2) is 9.16. The van der Waals surface area contributed by atoms with E-state index >= 15 is 0 Å². The molecule has 0 aromatic heterocycles. The molecule has 0 aromatic carbocycles. The zero-order chi connectivity index (χ0) is 12.4. The Labute approximate surface area is 101 Å². The molecule has 0 spiro atoms. The Morgan fingerprint density at radius 3 is 2.31 bits per heavy atom. The summed E-state index contributed by atoms with van der Waals surface area (Å²) >= 11 is 0.0915. The monoisotopic (exact) mass is 257 g/mol. The summed E-state index contributed by atoms with van der Waals surface area (Å²) in [7, 11) is 0. The van der Waals surface area contributed by atoms with Gasteiger partial charge in [0.25, 0.3) is 0 Å². The molecule has 0 aliphatic rings. The van der Waals surface area contributed by atoms with Gasteiger partial charge in [-0.05, 0) is 25.8 Å². The number of nitrogens with one attached hydrogen (secondary N) is 1. The van der Waals surface area contributed by atoms with Crippen molar-refractivity contribution in [2.75, 3.05) is 12.3 Å². The summed E-state index contributed by atoms with van der Waals surface area (Å²) in [6.07, 6.45) is 4.74. The van der Waals surface area contributed by atoms with Crippen molar-refractivity contribution < 1.29 is 13.2 Å². The molecule has 5 heteroatoms. The molecule has 0 saturated carbocycles. The maximum Gasteiger partial charge on any atom is 0.441 e. The smallest absolute Gasteiger partial charge is 0.314 e. The van der Waals surface area contributed by atoms with Crippen LogP contribution in [0.4, 0.5) is 13.2 Å². The number of hydrogen-bond acceptors (Lipinski definition) is 2. The van der Waals surface area contributed by atoms with Crippen molar-refractivity contribution in [2.24, 2.45) is 0 Å². The van der Waals surface area contributed by atoms with Crippen molar-refractivity contribution >= 4 is 11.8 Å². The van der Waals surface area contributed by atoms with E-state index in [4.69, 9.17) is 0 Å². The summed E-state index contributed by atoms with van der Waals surface area (Å²) in [6.45, 7) is 5.12. The van der Waals surface area contributed by atoms with Crippen molar-refractivity contribution in [1.29, 1.82) is 0 Å². The van der Waals surface area contributed by atoms with Gasteiger partial charge in [0.1, 0.15) is 0 Å². The average molecular weight is 257 g/mol. The minimum absolute atomic E-state index is 0.0915. The Kier molecular flexibility index (Phi) is 9.22. The average Bonchev–Trinajstić information content (AvgIpc) is 2.16. The highest BCUT2D eigenvalue weighted by molar-refractivity contribution is 8.00. The zero-order valence-electron chi connectivity index (χ0n) is 10.1. The fourth-order valence-corrected chi connectivity index (χ4v) is 2.25. The summed E-state index contributed by atoms with van der Waals surface area (Å²) in [5.41, 5.74) is -4.06. The topological polar surface area (TPSA) is 12.0 Å². The minimum Gasteiger partial charge on any atom is -0.314 e. The summed E-state index contributed by atoms with van der Waals surface area (Å²) in [4.78, 5) is 0. The normalized spacial score (nSPS) is 14.1. The highest BCUT2D eigenvalue weighted by atomic mass is 32.2. The molecular weight excluding hydrogens is 235 g/mol. The Balaban J connectivity index is 3.46. The summed E-state index contributed by atoms with van der Waals surface area (Å²) in [5.74, 6) is 0.189. The SMILES string of the molecule is CCCC(CCCCSC(F)(F)F)NCC. The molecule has 0 bridgehead atoms. The van der Waals surface area contributed by atoms with Gasteiger partial charge in [0.15, 0.2) is 0 Å². The van der Waals surface area contributed by atoms with Gasteiger partial charge in [0.05, 0.1) is 0 Å². The first kappa shape index (κ1) is 16.1. The molecule has 1 unspecified atom stereocenters. The van der Waals surface area contributed by atoms with Gasteiger partial charge in [0, 0.05) is 11.8 Å². The van der Waals surface area contributed by atoms with Crippen LogP contribution in [0.2, 0.25) is 0 Å². The van der Waals surface area contributed by atoms with Crippen LogP contribution in [0.1, 0.15) is 46.0 Å². The van der Waals surface area contributed by atoms with Crippen molar-refractivity contribution in [3.63, 3.8) is 0 Å². The molecular formula is C11H22F3NS. The molecule has 0 aliphatic heterocycles. The maximum absolute atomic E-state index is 11.8. The van der Waals surface area contributed by atoms with E-state index in [9.17, 15) is 13.2 Å². The lowest BCUT2D eigenvalue weighted by molar-refractivity contribution is -0.0328. The lowest BCUT2D eigenvalue weighted by Gasteiger charge is -2.16. The van der Waals surface area contributed by atoms with Crippen LogP contribution in [0.25, 0.3) is 0 Å². The molecule has 0 aromatic rings. The molecule has 0 saturated heterocycles. The van der Waals surface area contributed by atoms with Gasteiger partial charge in [-0.2, -0.15) is 13.2 Å². The number of thioether (sulfide) groups is 1. The first-order valence-electron chi connectivity index (χ1n) is 5.93. The van der Waals surface area contributed by atoms with Crippen LogP contribution in [0.3, 0.4) is 0 Å². The van der Waals surface area contributed by atoms with Gasteiger partial charge in [-0.15, -0.1) is 0 Å². The van der Waals surface area contributed by atoms with Crippen LogP contribution < -0.4 is 5.32 Å². The molecule has 0 aliphatic carbocycles. The van der Waals surface area contributed by atoms with E-state index < -0.39 is 5.51 Å². The predicted octanol–water partition coefficient (Wildman–Crippen LogP) is 4.19. The highest BCUT2D eigenvalue weighted by Gasteiger charge is 2.27.